The number of benzene rings is 1. The fourth-order valence-electron chi connectivity index (χ4n) is 1.32. The molecule has 0 saturated carbocycles. The van der Waals surface area contributed by atoms with Gasteiger partial charge in [0.25, 0.3) is 0 Å². The summed E-state index contributed by atoms with van der Waals surface area (Å²) in [6.07, 6.45) is 1.40. The van der Waals surface area contributed by atoms with Crippen LogP contribution in [-0.4, -0.2) is 21.0 Å². The van der Waals surface area contributed by atoms with Gasteiger partial charge in [-0.05, 0) is 0 Å². The zero-order valence-electron chi connectivity index (χ0n) is 8.29. The Labute approximate surface area is 91.6 Å². The highest BCUT2D eigenvalue weighted by Crippen LogP contribution is 2.17. The number of aromatic nitrogens is 2. The molecule has 0 saturated heterocycles. The van der Waals surface area contributed by atoms with Crippen molar-refractivity contribution in [2.24, 2.45) is 0 Å². The number of carboxylic acid groups (broad SMARTS) is 1. The van der Waals surface area contributed by atoms with Crippen molar-refractivity contribution in [3.05, 3.63) is 42.2 Å². The van der Waals surface area contributed by atoms with Gasteiger partial charge in [-0.3, -0.25) is 0 Å². The molecule has 80 valence electrons. The zero-order chi connectivity index (χ0) is 11.5. The average molecular weight is 215 g/mol. The smallest absolute Gasteiger partial charge is 0.358 e. The Morgan fingerprint density at radius 2 is 1.94 bits per heavy atom. The Kier molecular flexibility index (Phi) is 2.51. The van der Waals surface area contributed by atoms with Crippen molar-refractivity contribution in [3.8, 4) is 11.3 Å². The number of anilines is 1. The van der Waals surface area contributed by atoms with E-state index in [-0.39, 0.29) is 11.5 Å². The predicted octanol–water partition coefficient (Wildman–Crippen LogP) is 1.42. The number of carbonyl (C=O) groups is 1. The number of aromatic carboxylic acids is 1. The molecule has 1 aromatic carbocycles. The van der Waals surface area contributed by atoms with Gasteiger partial charge in [-0.2, -0.15) is 0 Å². The number of carboxylic acids is 1. The quantitative estimate of drug-likeness (QED) is 0.790. The molecule has 1 heterocycles. The first-order valence-corrected chi connectivity index (χ1v) is 4.59. The lowest BCUT2D eigenvalue weighted by Crippen LogP contribution is -2.07. The van der Waals surface area contributed by atoms with E-state index in [4.69, 9.17) is 10.8 Å². The van der Waals surface area contributed by atoms with Crippen molar-refractivity contribution in [1.82, 2.24) is 9.97 Å². The normalized spacial score (nSPS) is 10.0. The lowest BCUT2D eigenvalue weighted by atomic mass is 10.1. The van der Waals surface area contributed by atoms with E-state index in [2.05, 4.69) is 9.97 Å². The first kappa shape index (κ1) is 10.1. The van der Waals surface area contributed by atoms with Crippen LogP contribution in [0.3, 0.4) is 0 Å². The minimum absolute atomic E-state index is 0.0751. The fraction of sp³-hybridized carbons (Fsp3) is 0. The largest absolute Gasteiger partial charge is 0.476 e. The predicted molar refractivity (Wildman–Crippen MR) is 58.8 cm³/mol. The van der Waals surface area contributed by atoms with Crippen molar-refractivity contribution < 1.29 is 9.90 Å². The summed E-state index contributed by atoms with van der Waals surface area (Å²) in [5.74, 6) is -1.25. The molecule has 16 heavy (non-hydrogen) atoms. The molecule has 1 aromatic heterocycles. The van der Waals surface area contributed by atoms with Crippen molar-refractivity contribution in [1.29, 1.82) is 0 Å². The fourth-order valence-corrected chi connectivity index (χ4v) is 1.32. The van der Waals surface area contributed by atoms with E-state index in [1.165, 1.54) is 6.20 Å². The van der Waals surface area contributed by atoms with Gasteiger partial charge in [-0.25, -0.2) is 14.8 Å². The summed E-state index contributed by atoms with van der Waals surface area (Å²) in [5, 5.41) is 8.74. The van der Waals surface area contributed by atoms with Crippen molar-refractivity contribution in [2.75, 3.05) is 5.73 Å². The van der Waals surface area contributed by atoms with Crippen molar-refractivity contribution in [2.45, 2.75) is 0 Å². The molecule has 0 unspecified atom stereocenters. The first-order chi connectivity index (χ1) is 7.68. The molecule has 0 fully saturated rings. The minimum atomic E-state index is -1.18. The van der Waals surface area contributed by atoms with Crippen LogP contribution in [0, 0.1) is 0 Å². The van der Waals surface area contributed by atoms with E-state index in [0.29, 0.717) is 5.69 Å². The lowest BCUT2D eigenvalue weighted by molar-refractivity contribution is 0.0691. The highest BCUT2D eigenvalue weighted by Gasteiger charge is 2.11. The maximum Gasteiger partial charge on any atom is 0.358 e. The Morgan fingerprint density at radius 1 is 1.25 bits per heavy atom. The van der Waals surface area contributed by atoms with Crippen molar-refractivity contribution in [3.63, 3.8) is 0 Å². The molecule has 0 aliphatic rings. The van der Waals surface area contributed by atoms with Gasteiger partial charge in [-0.1, -0.05) is 30.3 Å². The Hall–Kier alpha value is -2.43. The van der Waals surface area contributed by atoms with Crippen LogP contribution in [0.1, 0.15) is 10.5 Å². The second-order valence-electron chi connectivity index (χ2n) is 3.16. The van der Waals surface area contributed by atoms with Crippen LogP contribution in [-0.2, 0) is 0 Å². The Balaban J connectivity index is 2.46. The summed E-state index contributed by atoms with van der Waals surface area (Å²) in [7, 11) is 0. The van der Waals surface area contributed by atoms with Gasteiger partial charge in [0, 0.05) is 5.56 Å². The van der Waals surface area contributed by atoms with Gasteiger partial charge in [-0.15, -0.1) is 0 Å². The molecule has 0 aliphatic heterocycles. The van der Waals surface area contributed by atoms with E-state index in [1.807, 2.05) is 30.3 Å². The van der Waals surface area contributed by atoms with Crippen molar-refractivity contribution >= 4 is 11.8 Å². The Bertz CT molecular complexity index is 526. The van der Waals surface area contributed by atoms with E-state index in [0.717, 1.165) is 5.56 Å². The highest BCUT2D eigenvalue weighted by atomic mass is 16.4. The van der Waals surface area contributed by atoms with Gasteiger partial charge in [0.2, 0.25) is 0 Å². The molecule has 3 N–H and O–H groups in total. The minimum Gasteiger partial charge on any atom is -0.476 e. The summed E-state index contributed by atoms with van der Waals surface area (Å²) < 4.78 is 0. The van der Waals surface area contributed by atoms with Crippen LogP contribution in [0.25, 0.3) is 11.3 Å². The van der Waals surface area contributed by atoms with Gasteiger partial charge < -0.3 is 10.8 Å². The highest BCUT2D eigenvalue weighted by molar-refractivity contribution is 5.90. The number of rotatable bonds is 2. The van der Waals surface area contributed by atoms with Crippen LogP contribution < -0.4 is 5.73 Å². The molecule has 0 bridgehead atoms. The Morgan fingerprint density at radius 3 is 2.50 bits per heavy atom. The monoisotopic (exact) mass is 215 g/mol. The van der Waals surface area contributed by atoms with Crippen LogP contribution >= 0.6 is 0 Å². The topological polar surface area (TPSA) is 89.1 Å². The lowest BCUT2D eigenvalue weighted by Gasteiger charge is -2.03. The number of hydrogen-bond donors (Lipinski definition) is 2. The number of nitrogen functional groups attached to an aromatic ring is 1. The molecular formula is C11H9N3O2. The summed E-state index contributed by atoms with van der Waals surface area (Å²) in [6.45, 7) is 0. The molecule has 0 aliphatic carbocycles. The average Bonchev–Trinajstić information content (AvgIpc) is 2.29. The summed E-state index contributed by atoms with van der Waals surface area (Å²) in [4.78, 5) is 18.5. The number of nitrogens with two attached hydrogens (primary N) is 1. The summed E-state index contributed by atoms with van der Waals surface area (Å²) in [6, 6.07) is 9.30. The maximum atomic E-state index is 10.7. The van der Waals surface area contributed by atoms with E-state index in [9.17, 15) is 4.79 Å². The second kappa shape index (κ2) is 3.98. The van der Waals surface area contributed by atoms with E-state index >= 15 is 0 Å². The van der Waals surface area contributed by atoms with E-state index < -0.39 is 5.97 Å². The SMILES string of the molecule is Nc1nc(-c2ccccc2)cnc1C(=O)O. The summed E-state index contributed by atoms with van der Waals surface area (Å²) >= 11 is 0. The molecule has 2 aromatic rings. The van der Waals surface area contributed by atoms with Gasteiger partial charge in [0.05, 0.1) is 11.9 Å². The van der Waals surface area contributed by atoms with Crippen LogP contribution in [0.4, 0.5) is 5.82 Å². The third kappa shape index (κ3) is 1.83. The zero-order valence-corrected chi connectivity index (χ0v) is 8.29. The van der Waals surface area contributed by atoms with Gasteiger partial charge in [0.15, 0.2) is 11.5 Å². The molecule has 2 rings (SSSR count). The van der Waals surface area contributed by atoms with Gasteiger partial charge >= 0.3 is 5.97 Å². The molecule has 0 atom stereocenters. The third-order valence-electron chi connectivity index (χ3n) is 2.07. The molecule has 0 spiro atoms. The summed E-state index contributed by atoms with van der Waals surface area (Å²) in [5.41, 5.74) is 6.69. The first-order valence-electron chi connectivity index (χ1n) is 4.59. The van der Waals surface area contributed by atoms with Crippen LogP contribution in [0.15, 0.2) is 36.5 Å². The molecule has 5 nitrogen and oxygen atoms in total. The number of hydrogen-bond acceptors (Lipinski definition) is 4. The molecule has 0 radical (unpaired) electrons. The molecular weight excluding hydrogens is 206 g/mol. The van der Waals surface area contributed by atoms with Gasteiger partial charge in [0.1, 0.15) is 0 Å². The second-order valence-corrected chi connectivity index (χ2v) is 3.16. The standard InChI is InChI=1S/C11H9N3O2/c12-10-9(11(15)16)13-6-8(14-10)7-4-2-1-3-5-7/h1-6H,(H2,12,14)(H,15,16). The van der Waals surface area contributed by atoms with Crippen LogP contribution in [0.2, 0.25) is 0 Å². The molecule has 5 heteroatoms. The third-order valence-corrected chi connectivity index (χ3v) is 2.07. The van der Waals surface area contributed by atoms with E-state index in [1.54, 1.807) is 0 Å². The number of nitrogens with zero attached hydrogens (tertiary/aromatic N) is 2. The molecule has 0 amide bonds. The van der Waals surface area contributed by atoms with Crippen LogP contribution in [0.5, 0.6) is 0 Å². The maximum absolute atomic E-state index is 10.7.